The molecule has 0 spiro atoms. The average molecular weight is 870 g/mol. The Hall–Kier alpha value is -9.33. The van der Waals surface area contributed by atoms with Gasteiger partial charge in [-0.2, -0.15) is 0 Å². The van der Waals surface area contributed by atoms with Crippen LogP contribution in [0, 0.1) is 0 Å². The highest BCUT2D eigenvalue weighted by molar-refractivity contribution is 6.14. The van der Waals surface area contributed by atoms with Gasteiger partial charge in [-0.25, -0.2) is 24.9 Å². The van der Waals surface area contributed by atoms with Crippen LogP contribution in [0.3, 0.4) is 0 Å². The fraction of sp³-hybridized carbons (Fsp3) is 0. The van der Waals surface area contributed by atoms with Crippen LogP contribution in [0.4, 0.5) is 0 Å². The van der Waals surface area contributed by atoms with Gasteiger partial charge >= 0.3 is 0 Å². The number of fused-ring (bicyclic) bond motifs is 6. The fourth-order valence-electron chi connectivity index (χ4n) is 9.59. The number of para-hydroxylation sites is 2. The first-order chi connectivity index (χ1) is 33.7. The molecule has 0 amide bonds. The molecule has 0 fully saturated rings. The van der Waals surface area contributed by atoms with Gasteiger partial charge in [0.25, 0.3) is 0 Å². The summed E-state index contributed by atoms with van der Waals surface area (Å²) in [5, 5.41) is 3.39. The molecule has 13 aromatic rings. The van der Waals surface area contributed by atoms with Crippen molar-refractivity contribution in [2.75, 3.05) is 0 Å². The van der Waals surface area contributed by atoms with E-state index in [0.29, 0.717) is 23.3 Å². The number of nitrogens with zero attached hydrogens (tertiary/aromatic N) is 7. The Bertz CT molecular complexity index is 3940. The largest absolute Gasteiger partial charge is 0.309 e. The maximum Gasteiger partial charge on any atom is 0.164 e. The van der Waals surface area contributed by atoms with Crippen molar-refractivity contribution < 1.29 is 0 Å². The number of rotatable bonds is 8. The summed E-state index contributed by atoms with van der Waals surface area (Å²) in [4.78, 5) is 25.7. The van der Waals surface area contributed by atoms with Crippen LogP contribution >= 0.6 is 0 Å². The van der Waals surface area contributed by atoms with Gasteiger partial charge in [0.05, 0.1) is 27.8 Å². The summed E-state index contributed by atoms with van der Waals surface area (Å²) in [6, 6.07) is 82.2. The summed E-state index contributed by atoms with van der Waals surface area (Å²) in [6.45, 7) is 0. The van der Waals surface area contributed by atoms with E-state index in [2.05, 4.69) is 161 Å². The summed E-state index contributed by atoms with van der Waals surface area (Å²) in [7, 11) is 0. The van der Waals surface area contributed by atoms with Crippen LogP contribution in [0.5, 0.6) is 0 Å². The molecule has 0 bridgehead atoms. The molecule has 0 radical (unpaired) electrons. The van der Waals surface area contributed by atoms with E-state index in [9.17, 15) is 0 Å². The van der Waals surface area contributed by atoms with Gasteiger partial charge in [0, 0.05) is 55.4 Å². The number of benzene rings is 9. The van der Waals surface area contributed by atoms with Crippen LogP contribution in [-0.4, -0.2) is 34.1 Å². The van der Waals surface area contributed by atoms with E-state index in [1.165, 1.54) is 5.39 Å². The standard InChI is InChI=1S/C61H39N7/c1-6-19-40(20-7-1)55-57-56(63-58(62-55)41-21-8-2-9-22-41)51-39-45(34-36-54(51)68(57)47-28-14-5-15-29-47)44-33-35-53-50(38-44)49-31-16-17-32-52(49)67(53)48-30-18-27-46(37-48)61-65-59(42-23-10-3-11-24-42)64-60(66-61)43-25-12-4-13-26-43/h1-39H. The maximum atomic E-state index is 5.39. The molecule has 0 saturated carbocycles. The minimum absolute atomic E-state index is 0.615. The Kier molecular flexibility index (Phi) is 9.35. The first-order valence-electron chi connectivity index (χ1n) is 22.8. The van der Waals surface area contributed by atoms with E-state index in [1.54, 1.807) is 0 Å². The first-order valence-corrected chi connectivity index (χ1v) is 22.8. The first kappa shape index (κ1) is 39.1. The molecule has 9 aromatic carbocycles. The lowest BCUT2D eigenvalue weighted by Gasteiger charge is -2.12. The van der Waals surface area contributed by atoms with E-state index in [0.717, 1.165) is 94.4 Å². The molecule has 318 valence electrons. The zero-order valence-corrected chi connectivity index (χ0v) is 36.6. The Morgan fingerprint density at radius 1 is 0.250 bits per heavy atom. The highest BCUT2D eigenvalue weighted by atomic mass is 15.0. The molecule has 4 aromatic heterocycles. The van der Waals surface area contributed by atoms with Crippen molar-refractivity contribution in [3.63, 3.8) is 0 Å². The van der Waals surface area contributed by atoms with Crippen LogP contribution in [0.1, 0.15) is 0 Å². The van der Waals surface area contributed by atoms with Crippen LogP contribution in [0.2, 0.25) is 0 Å². The van der Waals surface area contributed by atoms with E-state index in [4.69, 9.17) is 24.9 Å². The van der Waals surface area contributed by atoms with Gasteiger partial charge in [-0.05, 0) is 65.7 Å². The topological polar surface area (TPSA) is 74.3 Å². The lowest BCUT2D eigenvalue weighted by molar-refractivity contribution is 1.07. The Morgan fingerprint density at radius 2 is 0.691 bits per heavy atom. The van der Waals surface area contributed by atoms with Crippen LogP contribution in [0.25, 0.3) is 123 Å². The van der Waals surface area contributed by atoms with Crippen LogP contribution < -0.4 is 0 Å². The van der Waals surface area contributed by atoms with Gasteiger partial charge in [-0.1, -0.05) is 182 Å². The molecule has 7 heteroatoms. The van der Waals surface area contributed by atoms with Crippen molar-refractivity contribution in [1.82, 2.24) is 34.1 Å². The quantitative estimate of drug-likeness (QED) is 0.152. The van der Waals surface area contributed by atoms with Crippen molar-refractivity contribution in [2.24, 2.45) is 0 Å². The monoisotopic (exact) mass is 869 g/mol. The third-order valence-electron chi connectivity index (χ3n) is 12.8. The number of aromatic nitrogens is 7. The Balaban J connectivity index is 0.976. The third kappa shape index (κ3) is 6.72. The van der Waals surface area contributed by atoms with Crippen LogP contribution in [-0.2, 0) is 0 Å². The molecule has 0 aliphatic heterocycles. The maximum absolute atomic E-state index is 5.39. The summed E-state index contributed by atoms with van der Waals surface area (Å²) in [5.74, 6) is 2.57. The molecule has 7 nitrogen and oxygen atoms in total. The third-order valence-corrected chi connectivity index (χ3v) is 12.8. The molecule has 0 unspecified atom stereocenters. The summed E-state index contributed by atoms with van der Waals surface area (Å²) in [5.41, 5.74) is 15.1. The second kappa shape index (κ2) is 16.3. The molecule has 0 saturated heterocycles. The van der Waals surface area contributed by atoms with Crippen molar-refractivity contribution in [1.29, 1.82) is 0 Å². The zero-order chi connectivity index (χ0) is 45.0. The predicted molar refractivity (Wildman–Crippen MR) is 277 cm³/mol. The molecular formula is C61H39N7. The molecule has 68 heavy (non-hydrogen) atoms. The lowest BCUT2D eigenvalue weighted by atomic mass is 10.0. The fourth-order valence-corrected chi connectivity index (χ4v) is 9.59. The normalized spacial score (nSPS) is 11.5. The minimum atomic E-state index is 0.615. The summed E-state index contributed by atoms with van der Waals surface area (Å²) in [6.07, 6.45) is 0. The second-order valence-electron chi connectivity index (χ2n) is 16.9. The molecule has 13 rings (SSSR count). The van der Waals surface area contributed by atoms with E-state index in [-0.39, 0.29) is 0 Å². The number of hydrogen-bond acceptors (Lipinski definition) is 5. The van der Waals surface area contributed by atoms with E-state index < -0.39 is 0 Å². The van der Waals surface area contributed by atoms with E-state index in [1.807, 2.05) is 84.9 Å². The zero-order valence-electron chi connectivity index (χ0n) is 36.6. The van der Waals surface area contributed by atoms with Gasteiger partial charge < -0.3 is 9.13 Å². The Labute approximate surface area is 392 Å². The smallest absolute Gasteiger partial charge is 0.164 e. The lowest BCUT2D eigenvalue weighted by Crippen LogP contribution is -2.01. The van der Waals surface area contributed by atoms with Gasteiger partial charge in [0.15, 0.2) is 23.3 Å². The van der Waals surface area contributed by atoms with Crippen molar-refractivity contribution in [3.05, 3.63) is 237 Å². The molecule has 0 aliphatic carbocycles. The van der Waals surface area contributed by atoms with Gasteiger partial charge in [-0.15, -0.1) is 0 Å². The highest BCUT2D eigenvalue weighted by Crippen LogP contribution is 2.41. The summed E-state index contributed by atoms with van der Waals surface area (Å²) >= 11 is 0. The minimum Gasteiger partial charge on any atom is -0.309 e. The predicted octanol–water partition coefficient (Wildman–Crippen LogP) is 14.9. The van der Waals surface area contributed by atoms with Crippen LogP contribution in [0.15, 0.2) is 237 Å². The molecule has 0 aliphatic rings. The second-order valence-corrected chi connectivity index (χ2v) is 16.9. The molecule has 4 heterocycles. The summed E-state index contributed by atoms with van der Waals surface area (Å²) < 4.78 is 4.66. The van der Waals surface area contributed by atoms with Gasteiger partial charge in [-0.3, -0.25) is 0 Å². The highest BCUT2D eigenvalue weighted by Gasteiger charge is 2.23. The average Bonchev–Trinajstić information content (AvgIpc) is 3.94. The molecule has 0 N–H and O–H groups in total. The Morgan fingerprint density at radius 3 is 1.29 bits per heavy atom. The van der Waals surface area contributed by atoms with E-state index >= 15 is 0 Å². The van der Waals surface area contributed by atoms with Crippen molar-refractivity contribution in [3.8, 4) is 79.3 Å². The van der Waals surface area contributed by atoms with Crippen molar-refractivity contribution in [2.45, 2.75) is 0 Å². The molecule has 0 atom stereocenters. The van der Waals surface area contributed by atoms with Gasteiger partial charge in [0.1, 0.15) is 5.52 Å². The SMILES string of the molecule is c1ccc(-c2nc(-c3ccccc3)nc(-c3cccc(-n4c5ccccc5c5cc(-c6ccc7c(c6)c6nc(-c8ccccc8)nc(-c8ccccc8)c6n7-c6ccccc6)ccc54)c3)n2)cc1. The molecular weight excluding hydrogens is 831 g/mol. The van der Waals surface area contributed by atoms with Gasteiger partial charge in [0.2, 0.25) is 0 Å². The number of hydrogen-bond donors (Lipinski definition) is 0. The van der Waals surface area contributed by atoms with Crippen molar-refractivity contribution >= 4 is 43.7 Å².